The fourth-order valence-corrected chi connectivity index (χ4v) is 2.22. The van der Waals surface area contributed by atoms with Crippen molar-refractivity contribution in [1.29, 1.82) is 0 Å². The molecule has 1 aliphatic rings. The van der Waals surface area contributed by atoms with E-state index in [0.717, 1.165) is 25.7 Å². The van der Waals surface area contributed by atoms with Gasteiger partial charge in [-0.25, -0.2) is 4.79 Å². The Morgan fingerprint density at radius 3 is 2.50 bits per heavy atom. The highest BCUT2D eigenvalue weighted by atomic mass is 16.5. The SMILES string of the molecule is CCOC(=O)NC(=O)CN(C)C1CCC(N)CC1. The van der Waals surface area contributed by atoms with Crippen molar-refractivity contribution in [2.45, 2.75) is 44.7 Å². The molecule has 0 atom stereocenters. The monoisotopic (exact) mass is 257 g/mol. The van der Waals surface area contributed by atoms with E-state index in [1.165, 1.54) is 0 Å². The minimum absolute atomic E-state index is 0.207. The molecule has 0 bridgehead atoms. The van der Waals surface area contributed by atoms with E-state index in [9.17, 15) is 9.59 Å². The zero-order chi connectivity index (χ0) is 13.5. The Labute approximate surface area is 108 Å². The van der Waals surface area contributed by atoms with Gasteiger partial charge in [0.2, 0.25) is 5.91 Å². The quantitative estimate of drug-likeness (QED) is 0.764. The molecule has 0 radical (unpaired) electrons. The normalized spacial score (nSPS) is 23.8. The largest absolute Gasteiger partial charge is 0.450 e. The van der Waals surface area contributed by atoms with Gasteiger partial charge in [0.15, 0.2) is 0 Å². The Bertz CT molecular complexity index is 288. The predicted octanol–water partition coefficient (Wildman–Crippen LogP) is 0.461. The lowest BCUT2D eigenvalue weighted by Crippen LogP contribution is -2.45. The molecule has 1 saturated carbocycles. The predicted molar refractivity (Wildman–Crippen MR) is 68.0 cm³/mol. The highest BCUT2D eigenvalue weighted by Gasteiger charge is 2.23. The van der Waals surface area contributed by atoms with Crippen LogP contribution in [0.2, 0.25) is 0 Å². The van der Waals surface area contributed by atoms with E-state index in [2.05, 4.69) is 10.1 Å². The summed E-state index contributed by atoms with van der Waals surface area (Å²) in [4.78, 5) is 24.6. The molecule has 0 aromatic carbocycles. The lowest BCUT2D eigenvalue weighted by molar-refractivity contribution is -0.121. The van der Waals surface area contributed by atoms with Crippen molar-refractivity contribution in [3.63, 3.8) is 0 Å². The molecule has 0 unspecified atom stereocenters. The first-order chi connectivity index (χ1) is 8.52. The number of imide groups is 1. The molecule has 6 heteroatoms. The summed E-state index contributed by atoms with van der Waals surface area (Å²) >= 11 is 0. The Morgan fingerprint density at radius 1 is 1.33 bits per heavy atom. The number of ether oxygens (including phenoxy) is 1. The molecule has 0 aromatic heterocycles. The van der Waals surface area contributed by atoms with Gasteiger partial charge in [0.25, 0.3) is 0 Å². The first-order valence-corrected chi connectivity index (χ1v) is 6.45. The van der Waals surface area contributed by atoms with Crippen LogP contribution in [-0.4, -0.2) is 49.2 Å². The molecule has 6 nitrogen and oxygen atoms in total. The number of likely N-dealkylation sites (N-methyl/N-ethyl adjacent to an activating group) is 1. The molecule has 0 saturated heterocycles. The van der Waals surface area contributed by atoms with Crippen molar-refractivity contribution in [1.82, 2.24) is 10.2 Å². The van der Waals surface area contributed by atoms with Crippen LogP contribution in [-0.2, 0) is 9.53 Å². The summed E-state index contributed by atoms with van der Waals surface area (Å²) in [6.07, 6.45) is 3.32. The minimum atomic E-state index is -0.679. The zero-order valence-electron chi connectivity index (χ0n) is 11.1. The number of hydrogen-bond donors (Lipinski definition) is 2. The number of nitrogens with one attached hydrogen (secondary N) is 1. The third-order valence-corrected chi connectivity index (χ3v) is 3.27. The highest BCUT2D eigenvalue weighted by molar-refractivity contribution is 5.92. The number of carbonyl (C=O) groups excluding carboxylic acids is 2. The van der Waals surface area contributed by atoms with Gasteiger partial charge < -0.3 is 10.5 Å². The van der Waals surface area contributed by atoms with Gasteiger partial charge in [0.1, 0.15) is 0 Å². The molecule has 0 aliphatic heterocycles. The lowest BCUT2D eigenvalue weighted by atomic mass is 9.91. The van der Waals surface area contributed by atoms with Gasteiger partial charge in [0, 0.05) is 12.1 Å². The second-order valence-electron chi connectivity index (χ2n) is 4.75. The van der Waals surface area contributed by atoms with Gasteiger partial charge in [-0.05, 0) is 39.7 Å². The van der Waals surface area contributed by atoms with Crippen LogP contribution in [0.25, 0.3) is 0 Å². The maximum absolute atomic E-state index is 11.6. The topological polar surface area (TPSA) is 84.7 Å². The van der Waals surface area contributed by atoms with Crippen molar-refractivity contribution >= 4 is 12.0 Å². The maximum Gasteiger partial charge on any atom is 0.413 e. The van der Waals surface area contributed by atoms with E-state index >= 15 is 0 Å². The summed E-state index contributed by atoms with van der Waals surface area (Å²) in [6, 6.07) is 0.667. The fraction of sp³-hybridized carbons (Fsp3) is 0.833. The molecular weight excluding hydrogens is 234 g/mol. The molecule has 1 aliphatic carbocycles. The van der Waals surface area contributed by atoms with E-state index in [4.69, 9.17) is 5.73 Å². The third-order valence-electron chi connectivity index (χ3n) is 3.27. The molecule has 1 rings (SSSR count). The highest BCUT2D eigenvalue weighted by Crippen LogP contribution is 2.20. The van der Waals surface area contributed by atoms with Gasteiger partial charge >= 0.3 is 6.09 Å². The van der Waals surface area contributed by atoms with E-state index in [0.29, 0.717) is 12.1 Å². The Morgan fingerprint density at radius 2 is 1.94 bits per heavy atom. The number of hydrogen-bond acceptors (Lipinski definition) is 5. The van der Waals surface area contributed by atoms with Gasteiger partial charge in [-0.15, -0.1) is 0 Å². The molecular formula is C12H23N3O3. The lowest BCUT2D eigenvalue weighted by Gasteiger charge is -2.32. The van der Waals surface area contributed by atoms with Crippen LogP contribution in [0.1, 0.15) is 32.6 Å². The number of carbonyl (C=O) groups is 2. The molecule has 0 spiro atoms. The van der Waals surface area contributed by atoms with E-state index < -0.39 is 6.09 Å². The molecule has 0 aromatic rings. The molecule has 1 fully saturated rings. The molecule has 104 valence electrons. The Balaban J connectivity index is 2.28. The number of nitrogens with two attached hydrogens (primary N) is 1. The van der Waals surface area contributed by atoms with Crippen molar-refractivity contribution in [2.24, 2.45) is 5.73 Å². The Kier molecular flexibility index (Phi) is 6.07. The van der Waals surface area contributed by atoms with Crippen LogP contribution in [0.5, 0.6) is 0 Å². The van der Waals surface area contributed by atoms with E-state index in [-0.39, 0.29) is 19.1 Å². The summed E-state index contributed by atoms with van der Waals surface area (Å²) < 4.78 is 4.65. The fourth-order valence-electron chi connectivity index (χ4n) is 2.22. The van der Waals surface area contributed by atoms with Gasteiger partial charge in [0.05, 0.1) is 13.2 Å². The third kappa shape index (κ3) is 5.01. The van der Waals surface area contributed by atoms with Crippen LogP contribution in [0.15, 0.2) is 0 Å². The van der Waals surface area contributed by atoms with Crippen molar-refractivity contribution < 1.29 is 14.3 Å². The number of rotatable bonds is 4. The Hall–Kier alpha value is -1.14. The van der Waals surface area contributed by atoms with Crippen LogP contribution >= 0.6 is 0 Å². The zero-order valence-corrected chi connectivity index (χ0v) is 11.1. The van der Waals surface area contributed by atoms with Gasteiger partial charge in [-0.3, -0.25) is 15.0 Å². The van der Waals surface area contributed by atoms with Crippen LogP contribution in [0.4, 0.5) is 4.79 Å². The first-order valence-electron chi connectivity index (χ1n) is 6.45. The smallest absolute Gasteiger partial charge is 0.413 e. The van der Waals surface area contributed by atoms with Gasteiger partial charge in [-0.2, -0.15) is 0 Å². The molecule has 2 amide bonds. The number of amides is 2. The average molecular weight is 257 g/mol. The average Bonchev–Trinajstić information content (AvgIpc) is 2.29. The minimum Gasteiger partial charge on any atom is -0.450 e. The van der Waals surface area contributed by atoms with Crippen molar-refractivity contribution in [2.75, 3.05) is 20.2 Å². The summed E-state index contributed by atoms with van der Waals surface area (Å²) in [5.41, 5.74) is 5.84. The van der Waals surface area contributed by atoms with Crippen LogP contribution in [0, 0.1) is 0 Å². The van der Waals surface area contributed by atoms with Crippen LogP contribution < -0.4 is 11.1 Å². The second-order valence-corrected chi connectivity index (χ2v) is 4.75. The number of alkyl carbamates (subject to hydrolysis) is 1. The first kappa shape index (κ1) is 14.9. The summed E-state index contributed by atoms with van der Waals surface area (Å²) in [7, 11) is 1.90. The van der Waals surface area contributed by atoms with E-state index in [1.807, 2.05) is 11.9 Å². The summed E-state index contributed by atoms with van der Waals surface area (Å²) in [5, 5.41) is 2.19. The van der Waals surface area contributed by atoms with Crippen LogP contribution in [0.3, 0.4) is 0 Å². The standard InChI is InChI=1S/C12H23N3O3/c1-3-18-12(17)14-11(16)8-15(2)10-6-4-9(13)5-7-10/h9-10H,3-8,13H2,1-2H3,(H,14,16,17). The summed E-state index contributed by atoms with van der Waals surface area (Å²) in [6.45, 7) is 2.16. The van der Waals surface area contributed by atoms with Crippen molar-refractivity contribution in [3.05, 3.63) is 0 Å². The van der Waals surface area contributed by atoms with Crippen molar-refractivity contribution in [3.8, 4) is 0 Å². The maximum atomic E-state index is 11.6. The summed E-state index contributed by atoms with van der Waals surface area (Å²) in [5.74, 6) is -0.328. The second kappa shape index (κ2) is 7.33. The van der Waals surface area contributed by atoms with Gasteiger partial charge in [-0.1, -0.05) is 0 Å². The molecule has 3 N–H and O–H groups in total. The molecule has 18 heavy (non-hydrogen) atoms. The number of nitrogens with zero attached hydrogens (tertiary/aromatic N) is 1. The van der Waals surface area contributed by atoms with E-state index in [1.54, 1.807) is 6.92 Å². The molecule has 0 heterocycles.